The number of fused-ring (bicyclic) bond motifs is 12. The molecule has 0 radical (unpaired) electrons. The van der Waals surface area contributed by atoms with Gasteiger partial charge in [0.1, 0.15) is 22.3 Å². The van der Waals surface area contributed by atoms with E-state index < -0.39 is 0 Å². The van der Waals surface area contributed by atoms with E-state index in [2.05, 4.69) is 442 Å². The molecular weight excluding hydrogens is 1610 g/mol. The quantitative estimate of drug-likeness (QED) is 0.0788. The molecule has 0 atom stereocenters. The van der Waals surface area contributed by atoms with Gasteiger partial charge in [-0.25, -0.2) is 0 Å². The van der Waals surface area contributed by atoms with Gasteiger partial charge in [0.2, 0.25) is 0 Å². The second-order valence-corrected chi connectivity index (χ2v) is 38.6. The molecule has 0 fully saturated rings. The number of para-hydroxylation sites is 8. The van der Waals surface area contributed by atoms with Gasteiger partial charge in [-0.05, 0) is 215 Å². The van der Waals surface area contributed by atoms with E-state index in [1.54, 1.807) is 0 Å². The first-order chi connectivity index (χ1) is 64.3. The fourth-order valence-electron chi connectivity index (χ4n) is 21.1. The Morgan fingerprint density at radius 2 is 0.424 bits per heavy atom. The Balaban J connectivity index is 0.000000150. The molecule has 24 aromatic rings. The van der Waals surface area contributed by atoms with Gasteiger partial charge >= 0.3 is 0 Å². The number of aryl methyl sites for hydroxylation is 6. The van der Waals surface area contributed by atoms with E-state index in [1.165, 1.54) is 120 Å². The average Bonchev–Trinajstić information content (AvgIpc) is 0.874. The SMILES string of the molecule is CCCCc1cccc2c1oc1c(N(c3ccc(C)cc3)c3ccc4ccc5c(N(c6ccc(C)cc6)c6cccc7c6oc6c(CCCC)cccc67)ccc6ccc3c4c65)cccc12.Cc1ccc(N(c2ccc3ccc4c(N(c5ccc(C)cc5)c5cccc6c5oc5c(C(C)(C)C)cccc56)ccc5ccc2c3c54)c2cccc3c2oc2c(C(C)(C)C)cccc23)cc1. The first kappa shape index (κ1) is 81.4. The molecule has 132 heavy (non-hydrogen) atoms. The lowest BCUT2D eigenvalue weighted by Crippen LogP contribution is -2.12. The molecule has 4 heterocycles. The Kier molecular flexibility index (Phi) is 19.7. The number of rotatable bonds is 18. The Hall–Kier alpha value is -15.1. The highest BCUT2D eigenvalue weighted by molar-refractivity contribution is 6.31. The molecule has 8 heteroatoms. The fraction of sp³-hybridized carbons (Fsp3) is 0.161. The normalized spacial score (nSPS) is 12.3. The van der Waals surface area contributed by atoms with E-state index in [0.29, 0.717) is 0 Å². The Labute approximate surface area is 769 Å². The van der Waals surface area contributed by atoms with Gasteiger partial charge in [-0.3, -0.25) is 0 Å². The van der Waals surface area contributed by atoms with Gasteiger partial charge < -0.3 is 37.3 Å². The summed E-state index contributed by atoms with van der Waals surface area (Å²) in [7, 11) is 0. The maximum Gasteiger partial charge on any atom is 0.159 e. The molecule has 0 unspecified atom stereocenters. The number of nitrogens with zero attached hydrogens (tertiary/aromatic N) is 4. The van der Waals surface area contributed by atoms with Gasteiger partial charge in [0.05, 0.1) is 45.5 Å². The fourth-order valence-corrected chi connectivity index (χ4v) is 21.1. The number of hydrogen-bond acceptors (Lipinski definition) is 8. The zero-order chi connectivity index (χ0) is 89.7. The maximum atomic E-state index is 7.07. The van der Waals surface area contributed by atoms with Crippen molar-refractivity contribution >= 4 is 221 Å². The summed E-state index contributed by atoms with van der Waals surface area (Å²) >= 11 is 0. The summed E-state index contributed by atoms with van der Waals surface area (Å²) in [4.78, 5) is 9.64. The molecule has 0 saturated carbocycles. The van der Waals surface area contributed by atoms with Gasteiger partial charge in [-0.2, -0.15) is 0 Å². The molecule has 4 aromatic heterocycles. The molecule has 0 saturated heterocycles. The molecule has 0 spiro atoms. The summed E-state index contributed by atoms with van der Waals surface area (Å²) in [5.74, 6) is 0. The molecule has 0 bridgehead atoms. The minimum atomic E-state index is -0.0848. The third-order valence-electron chi connectivity index (χ3n) is 27.7. The van der Waals surface area contributed by atoms with Crippen molar-refractivity contribution in [1.29, 1.82) is 0 Å². The Morgan fingerprint density at radius 1 is 0.205 bits per heavy atom. The van der Waals surface area contributed by atoms with Gasteiger partial charge in [-0.15, -0.1) is 0 Å². The van der Waals surface area contributed by atoms with E-state index in [9.17, 15) is 0 Å². The van der Waals surface area contributed by atoms with Crippen molar-refractivity contribution in [3.63, 3.8) is 0 Å². The summed E-state index contributed by atoms with van der Waals surface area (Å²) in [5.41, 5.74) is 29.8. The highest BCUT2D eigenvalue weighted by atomic mass is 16.3. The molecule has 24 rings (SSSR count). The third kappa shape index (κ3) is 13.4. The van der Waals surface area contributed by atoms with Crippen molar-refractivity contribution in [1.82, 2.24) is 0 Å². The van der Waals surface area contributed by atoms with Crippen molar-refractivity contribution < 1.29 is 17.7 Å². The van der Waals surface area contributed by atoms with Crippen molar-refractivity contribution in [2.75, 3.05) is 19.6 Å². The predicted octanol–water partition coefficient (Wildman–Crippen LogP) is 37.2. The topological polar surface area (TPSA) is 65.5 Å². The highest BCUT2D eigenvalue weighted by Gasteiger charge is 2.32. The van der Waals surface area contributed by atoms with Crippen molar-refractivity contribution in [2.45, 2.75) is 132 Å². The molecular formula is C124H104N4O4. The summed E-state index contributed by atoms with van der Waals surface area (Å²) in [6.45, 7) is 26.6. The van der Waals surface area contributed by atoms with Crippen LogP contribution in [0.5, 0.6) is 0 Å². The summed E-state index contributed by atoms with van der Waals surface area (Å²) < 4.78 is 28.2. The van der Waals surface area contributed by atoms with Gasteiger partial charge in [0, 0.05) is 98.5 Å². The van der Waals surface area contributed by atoms with Crippen LogP contribution in [0.3, 0.4) is 0 Å². The Bertz CT molecular complexity index is 8120. The monoisotopic (exact) mass is 1710 g/mol. The van der Waals surface area contributed by atoms with Crippen LogP contribution in [0.1, 0.15) is 126 Å². The van der Waals surface area contributed by atoms with Crippen LogP contribution in [0.4, 0.5) is 68.2 Å². The first-order valence-corrected chi connectivity index (χ1v) is 47.0. The van der Waals surface area contributed by atoms with E-state index in [1.807, 2.05) is 0 Å². The van der Waals surface area contributed by atoms with Crippen LogP contribution in [0, 0.1) is 27.7 Å². The molecule has 0 aliphatic rings. The summed E-state index contributed by atoms with van der Waals surface area (Å²) in [5, 5.41) is 23.5. The number of furan rings is 4. The minimum Gasteiger partial charge on any atom is -0.454 e. The Morgan fingerprint density at radius 3 is 0.674 bits per heavy atom. The largest absolute Gasteiger partial charge is 0.454 e. The summed E-state index contributed by atoms with van der Waals surface area (Å²) in [6, 6.07) is 125. The number of anilines is 12. The van der Waals surface area contributed by atoms with Crippen molar-refractivity contribution in [3.05, 3.63) is 384 Å². The van der Waals surface area contributed by atoms with E-state index in [0.717, 1.165) is 184 Å². The second-order valence-electron chi connectivity index (χ2n) is 38.6. The zero-order valence-corrected chi connectivity index (χ0v) is 77.0. The molecule has 0 aliphatic heterocycles. The van der Waals surface area contributed by atoms with Gasteiger partial charge in [0.25, 0.3) is 0 Å². The molecule has 0 aliphatic carbocycles. The molecule has 0 amide bonds. The highest BCUT2D eigenvalue weighted by Crippen LogP contribution is 2.56. The molecule has 20 aromatic carbocycles. The van der Waals surface area contributed by atoms with E-state index in [4.69, 9.17) is 17.7 Å². The lowest BCUT2D eigenvalue weighted by molar-refractivity contribution is 0.572. The van der Waals surface area contributed by atoms with Crippen LogP contribution in [0.15, 0.2) is 357 Å². The summed E-state index contributed by atoms with van der Waals surface area (Å²) in [6.07, 6.45) is 6.52. The van der Waals surface area contributed by atoms with Crippen molar-refractivity contribution in [3.8, 4) is 0 Å². The van der Waals surface area contributed by atoms with E-state index >= 15 is 0 Å². The van der Waals surface area contributed by atoms with Crippen LogP contribution in [0.2, 0.25) is 0 Å². The van der Waals surface area contributed by atoms with Crippen LogP contribution in [-0.4, -0.2) is 0 Å². The maximum absolute atomic E-state index is 7.07. The lowest BCUT2D eigenvalue weighted by atomic mass is 9.86. The van der Waals surface area contributed by atoms with Crippen LogP contribution in [-0.2, 0) is 23.7 Å². The predicted molar refractivity (Wildman–Crippen MR) is 562 cm³/mol. The van der Waals surface area contributed by atoms with Crippen molar-refractivity contribution in [2.24, 2.45) is 0 Å². The molecule has 0 N–H and O–H groups in total. The van der Waals surface area contributed by atoms with Crippen LogP contribution < -0.4 is 19.6 Å². The van der Waals surface area contributed by atoms with Crippen LogP contribution in [0.25, 0.3) is 152 Å². The van der Waals surface area contributed by atoms with Crippen LogP contribution >= 0.6 is 0 Å². The minimum absolute atomic E-state index is 0.0848. The average molecular weight is 1710 g/mol. The number of benzene rings is 20. The second kappa shape index (κ2) is 31.9. The smallest absolute Gasteiger partial charge is 0.159 e. The number of unbranched alkanes of at least 4 members (excludes halogenated alkanes) is 2. The first-order valence-electron chi connectivity index (χ1n) is 47.0. The molecule has 8 nitrogen and oxygen atoms in total. The van der Waals surface area contributed by atoms with Gasteiger partial charge in [0.15, 0.2) is 22.3 Å². The number of hydrogen-bond donors (Lipinski definition) is 0. The van der Waals surface area contributed by atoms with E-state index in [-0.39, 0.29) is 10.8 Å². The lowest BCUT2D eigenvalue weighted by Gasteiger charge is -2.29. The van der Waals surface area contributed by atoms with Gasteiger partial charge in [-0.1, -0.05) is 333 Å². The zero-order valence-electron chi connectivity index (χ0n) is 77.0. The standard InChI is InChI=1S/2C62H52N2O2/c1-37-21-29-41(30-22-37)63(53-19-11-15-45-43-13-9-17-49(61(3,4)5)57(43)65-59(45)53)51-35-27-39-26-34-48-52(36-28-40-25-33-47(51)55(39)56(40)48)64(42-31-23-38(2)24-32-42)54-20-12-16-46-44-14-10-18-50(62(6,7)8)58(44)66-60(46)54;1-5-7-13-43-15-9-17-47-49-19-11-21-55(61(49)65-59(43)47)63(45-31-23-39(3)24-32-45)53-37-29-41-28-36-52-54(38-30-42-27-35-51(53)57(41)58(42)52)64(46-33-25-40(4)26-34-46)56-22-12-20-50-48-18-10-16-44(14-8-6-2)60(48)66-62(50)56/h9-36H,1-8H3;9-12,15-38H,5-8,13-14H2,1-4H3. The third-order valence-corrected chi connectivity index (χ3v) is 27.7. The molecule has 644 valence electrons.